The van der Waals surface area contributed by atoms with E-state index in [0.717, 1.165) is 30.2 Å². The summed E-state index contributed by atoms with van der Waals surface area (Å²) in [6.45, 7) is 3.69. The van der Waals surface area contributed by atoms with Gasteiger partial charge in [-0.15, -0.1) is 0 Å². The molecule has 2 atom stereocenters. The van der Waals surface area contributed by atoms with Crippen LogP contribution in [0.3, 0.4) is 0 Å². The highest BCUT2D eigenvalue weighted by molar-refractivity contribution is 5.75. The lowest BCUT2D eigenvalue weighted by atomic mass is 9.82. The van der Waals surface area contributed by atoms with E-state index in [9.17, 15) is 18.0 Å². The van der Waals surface area contributed by atoms with Gasteiger partial charge < -0.3 is 16.0 Å². The van der Waals surface area contributed by atoms with Crippen LogP contribution in [0.4, 0.5) is 23.8 Å². The molecule has 3 aromatic rings. The molecule has 34 heavy (non-hydrogen) atoms. The maximum absolute atomic E-state index is 13.3. The summed E-state index contributed by atoms with van der Waals surface area (Å²) in [5.41, 5.74) is 6.78. The van der Waals surface area contributed by atoms with Crippen molar-refractivity contribution in [3.05, 3.63) is 59.7 Å². The standard InChI is InChI=1S/C23H24F3N7O/c1-14(15-2-6-28-7-3-15)30-21(34)32-8-4-22(13-32)5-9-33-19(22)11-18(31-33)16-10-17(23(24,25)26)20(27)29-12-16/h2-3,6-7,10-12,14H,4-5,8-9,13H2,1H3,(H2,27,29)(H,30,34)/t14?,22-/m1/s1. The Morgan fingerprint density at radius 3 is 2.68 bits per heavy atom. The summed E-state index contributed by atoms with van der Waals surface area (Å²) < 4.78 is 41.6. The molecule has 2 amide bonds. The highest BCUT2D eigenvalue weighted by atomic mass is 19.4. The van der Waals surface area contributed by atoms with E-state index in [0.29, 0.717) is 25.3 Å². The van der Waals surface area contributed by atoms with Crippen LogP contribution in [0.5, 0.6) is 0 Å². The third-order valence-corrected chi connectivity index (χ3v) is 6.83. The monoisotopic (exact) mass is 471 g/mol. The molecule has 2 aliphatic heterocycles. The molecular weight excluding hydrogens is 447 g/mol. The highest BCUT2D eigenvalue weighted by Crippen LogP contribution is 2.44. The number of anilines is 1. The van der Waals surface area contributed by atoms with Gasteiger partial charge in [-0.05, 0) is 49.6 Å². The number of alkyl halides is 3. The Morgan fingerprint density at radius 1 is 1.21 bits per heavy atom. The number of fused-ring (bicyclic) bond motifs is 2. The number of nitrogens with one attached hydrogen (secondary N) is 1. The molecule has 0 aliphatic carbocycles. The van der Waals surface area contributed by atoms with Crippen molar-refractivity contribution in [3.8, 4) is 11.3 Å². The van der Waals surface area contributed by atoms with Crippen LogP contribution in [0, 0.1) is 0 Å². The molecule has 8 nitrogen and oxygen atoms in total. The highest BCUT2D eigenvalue weighted by Gasteiger charge is 2.47. The number of aromatic nitrogens is 4. The number of amides is 2. The Hall–Kier alpha value is -3.63. The fourth-order valence-corrected chi connectivity index (χ4v) is 4.92. The van der Waals surface area contributed by atoms with Gasteiger partial charge in [0, 0.05) is 54.9 Å². The molecule has 3 aromatic heterocycles. The maximum Gasteiger partial charge on any atom is 0.419 e. The first-order valence-corrected chi connectivity index (χ1v) is 11.0. The van der Waals surface area contributed by atoms with Crippen molar-refractivity contribution < 1.29 is 18.0 Å². The van der Waals surface area contributed by atoms with Crippen molar-refractivity contribution in [1.82, 2.24) is 30.0 Å². The number of carbonyl (C=O) groups is 1. The summed E-state index contributed by atoms with van der Waals surface area (Å²) in [7, 11) is 0. The van der Waals surface area contributed by atoms with Crippen molar-refractivity contribution in [2.75, 3.05) is 18.8 Å². The molecule has 2 aliphatic rings. The molecule has 11 heteroatoms. The van der Waals surface area contributed by atoms with E-state index in [2.05, 4.69) is 20.4 Å². The Labute approximate surface area is 194 Å². The molecule has 0 aromatic carbocycles. The van der Waals surface area contributed by atoms with Crippen LogP contribution in [-0.2, 0) is 18.1 Å². The van der Waals surface area contributed by atoms with Crippen molar-refractivity contribution in [2.24, 2.45) is 0 Å². The number of hydrogen-bond donors (Lipinski definition) is 2. The van der Waals surface area contributed by atoms with Crippen LogP contribution in [0.25, 0.3) is 11.3 Å². The molecule has 5 rings (SSSR count). The lowest BCUT2D eigenvalue weighted by Crippen LogP contribution is -2.41. The zero-order valence-electron chi connectivity index (χ0n) is 18.5. The fraction of sp³-hybridized carbons (Fsp3) is 0.391. The number of carbonyl (C=O) groups excluding carboxylic acids is 1. The Bertz CT molecular complexity index is 1230. The van der Waals surface area contributed by atoms with Crippen LogP contribution in [0.15, 0.2) is 42.9 Å². The third kappa shape index (κ3) is 3.84. The number of urea groups is 1. The molecule has 5 heterocycles. The van der Waals surface area contributed by atoms with E-state index in [1.165, 1.54) is 6.20 Å². The van der Waals surface area contributed by atoms with Crippen molar-refractivity contribution in [3.63, 3.8) is 0 Å². The summed E-state index contributed by atoms with van der Waals surface area (Å²) in [6, 6.07) is 6.24. The SMILES string of the molecule is CC(NC(=O)N1CC[C@@]2(CCn3nc(-c4cnc(N)c(C(F)(F)F)c4)cc32)C1)c1ccncc1. The van der Waals surface area contributed by atoms with Gasteiger partial charge in [-0.3, -0.25) is 9.67 Å². The Morgan fingerprint density at radius 2 is 1.94 bits per heavy atom. The molecular formula is C23H24F3N7O. The minimum atomic E-state index is -4.59. The van der Waals surface area contributed by atoms with Crippen LogP contribution in [0.1, 0.15) is 42.6 Å². The first-order valence-electron chi connectivity index (χ1n) is 11.0. The summed E-state index contributed by atoms with van der Waals surface area (Å²) in [4.78, 5) is 22.4. The third-order valence-electron chi connectivity index (χ3n) is 6.83. The molecule has 178 valence electrons. The lowest BCUT2D eigenvalue weighted by molar-refractivity contribution is -0.137. The first kappa shape index (κ1) is 22.2. The van der Waals surface area contributed by atoms with Gasteiger partial charge in [0.2, 0.25) is 0 Å². The number of pyridine rings is 2. The van der Waals surface area contributed by atoms with Gasteiger partial charge >= 0.3 is 12.2 Å². The molecule has 1 saturated heterocycles. The van der Waals surface area contributed by atoms with Crippen molar-refractivity contribution in [2.45, 2.75) is 43.9 Å². The second-order valence-corrected chi connectivity index (χ2v) is 8.95. The van der Waals surface area contributed by atoms with Gasteiger partial charge in [-0.1, -0.05) is 0 Å². The van der Waals surface area contributed by atoms with E-state index in [-0.39, 0.29) is 23.1 Å². The molecule has 1 spiro atoms. The van der Waals surface area contributed by atoms with Crippen LogP contribution in [-0.4, -0.2) is 43.8 Å². The number of hydrogen-bond acceptors (Lipinski definition) is 5. The molecule has 0 radical (unpaired) electrons. The first-order chi connectivity index (χ1) is 16.2. The largest absolute Gasteiger partial charge is 0.419 e. The number of halogens is 3. The number of nitrogen functional groups attached to an aromatic ring is 1. The van der Waals surface area contributed by atoms with E-state index >= 15 is 0 Å². The van der Waals surface area contributed by atoms with Gasteiger partial charge in [0.1, 0.15) is 5.82 Å². The average Bonchev–Trinajstić information content (AvgIpc) is 3.51. The fourth-order valence-electron chi connectivity index (χ4n) is 4.92. The Kier molecular flexibility index (Phi) is 5.22. The number of nitrogens with two attached hydrogens (primary N) is 1. The average molecular weight is 471 g/mol. The van der Waals surface area contributed by atoms with Gasteiger partial charge in [-0.2, -0.15) is 18.3 Å². The molecule has 0 saturated carbocycles. The van der Waals surface area contributed by atoms with E-state index in [1.54, 1.807) is 17.3 Å². The predicted molar refractivity (Wildman–Crippen MR) is 119 cm³/mol. The van der Waals surface area contributed by atoms with Gasteiger partial charge in [-0.25, -0.2) is 9.78 Å². The minimum Gasteiger partial charge on any atom is -0.383 e. The van der Waals surface area contributed by atoms with E-state index < -0.39 is 17.6 Å². The van der Waals surface area contributed by atoms with Crippen molar-refractivity contribution >= 4 is 11.8 Å². The van der Waals surface area contributed by atoms with E-state index in [4.69, 9.17) is 5.73 Å². The molecule has 1 fully saturated rings. The zero-order valence-corrected chi connectivity index (χ0v) is 18.5. The quantitative estimate of drug-likeness (QED) is 0.606. The van der Waals surface area contributed by atoms with E-state index in [1.807, 2.05) is 29.8 Å². The van der Waals surface area contributed by atoms with Crippen LogP contribution in [0.2, 0.25) is 0 Å². The minimum absolute atomic E-state index is 0.142. The Balaban J connectivity index is 1.34. The molecule has 1 unspecified atom stereocenters. The number of rotatable bonds is 3. The van der Waals surface area contributed by atoms with Gasteiger partial charge in [0.15, 0.2) is 0 Å². The van der Waals surface area contributed by atoms with Crippen LogP contribution < -0.4 is 11.1 Å². The lowest BCUT2D eigenvalue weighted by Gasteiger charge is -2.25. The van der Waals surface area contributed by atoms with Crippen molar-refractivity contribution in [1.29, 1.82) is 0 Å². The smallest absolute Gasteiger partial charge is 0.383 e. The maximum atomic E-state index is 13.3. The van der Waals surface area contributed by atoms with Gasteiger partial charge in [0.05, 0.1) is 17.3 Å². The molecule has 3 N–H and O–H groups in total. The summed E-state index contributed by atoms with van der Waals surface area (Å²) in [6.07, 6.45) is 1.69. The predicted octanol–water partition coefficient (Wildman–Crippen LogP) is 3.76. The molecule has 0 bridgehead atoms. The summed E-state index contributed by atoms with van der Waals surface area (Å²) in [5, 5.41) is 7.57. The summed E-state index contributed by atoms with van der Waals surface area (Å²) >= 11 is 0. The van der Waals surface area contributed by atoms with Crippen LogP contribution >= 0.6 is 0 Å². The number of nitrogens with zero attached hydrogens (tertiary/aromatic N) is 5. The number of aryl methyl sites for hydroxylation is 1. The summed E-state index contributed by atoms with van der Waals surface area (Å²) in [5.74, 6) is -0.557. The second-order valence-electron chi connectivity index (χ2n) is 8.95. The number of likely N-dealkylation sites (tertiary alicyclic amines) is 1. The topological polar surface area (TPSA) is 102 Å². The second kappa shape index (κ2) is 8.00. The van der Waals surface area contributed by atoms with Gasteiger partial charge in [0.25, 0.3) is 0 Å². The normalized spacial score (nSPS) is 20.5. The zero-order chi connectivity index (χ0) is 24.1.